The first-order valence-corrected chi connectivity index (χ1v) is 10.1. The number of esters is 1. The fraction of sp³-hybridized carbons (Fsp3) is 0.500. The van der Waals surface area contributed by atoms with Crippen molar-refractivity contribution >= 4 is 17.8 Å². The van der Waals surface area contributed by atoms with E-state index in [9.17, 15) is 18.8 Å². The first kappa shape index (κ1) is 22.6. The maximum Gasteiger partial charge on any atom is 0.336 e. The number of halogens is 1. The molecule has 0 aromatic heterocycles. The third kappa shape index (κ3) is 5.89. The maximum absolute atomic E-state index is 13.7. The van der Waals surface area contributed by atoms with Crippen LogP contribution in [0.2, 0.25) is 0 Å². The highest BCUT2D eigenvalue weighted by Crippen LogP contribution is 2.37. The number of nitrogens with zero attached hydrogens (tertiary/aromatic N) is 1. The van der Waals surface area contributed by atoms with Crippen molar-refractivity contribution < 1.29 is 23.5 Å². The fourth-order valence-electron chi connectivity index (χ4n) is 3.49. The molecule has 0 fully saturated rings. The topological polar surface area (TPSA) is 75.7 Å². The van der Waals surface area contributed by atoms with E-state index in [-0.39, 0.29) is 37.0 Å². The van der Waals surface area contributed by atoms with Gasteiger partial charge in [-0.15, -0.1) is 0 Å². The molecule has 1 aromatic carbocycles. The van der Waals surface area contributed by atoms with Crippen molar-refractivity contribution in [2.75, 3.05) is 19.7 Å². The van der Waals surface area contributed by atoms with Crippen molar-refractivity contribution in [2.45, 2.75) is 52.4 Å². The first-order chi connectivity index (χ1) is 13.9. The Balaban J connectivity index is 2.29. The molecule has 1 aliphatic heterocycles. The predicted octanol–water partition coefficient (Wildman–Crippen LogP) is 3.29. The van der Waals surface area contributed by atoms with E-state index in [2.05, 4.69) is 12.2 Å². The summed E-state index contributed by atoms with van der Waals surface area (Å²) in [4.78, 5) is 39.0. The maximum atomic E-state index is 13.7. The van der Waals surface area contributed by atoms with Crippen molar-refractivity contribution in [3.8, 4) is 0 Å². The molecule has 1 heterocycles. The van der Waals surface area contributed by atoms with Crippen LogP contribution in [-0.2, 0) is 19.1 Å². The van der Waals surface area contributed by atoms with Gasteiger partial charge in [-0.3, -0.25) is 9.59 Å². The van der Waals surface area contributed by atoms with Crippen LogP contribution >= 0.6 is 0 Å². The summed E-state index contributed by atoms with van der Waals surface area (Å²) in [6, 6.07) is 5.86. The van der Waals surface area contributed by atoms with Crippen LogP contribution in [0.1, 0.15) is 57.9 Å². The molecule has 6 nitrogen and oxygen atoms in total. The first-order valence-electron chi connectivity index (χ1n) is 10.1. The smallest absolute Gasteiger partial charge is 0.336 e. The summed E-state index contributed by atoms with van der Waals surface area (Å²) >= 11 is 0. The summed E-state index contributed by atoms with van der Waals surface area (Å²) in [5, 5.41) is 2.80. The molecular weight excluding hydrogens is 375 g/mol. The zero-order chi connectivity index (χ0) is 21.4. The highest BCUT2D eigenvalue weighted by Gasteiger charge is 2.37. The number of ether oxygens (including phenoxy) is 1. The molecule has 7 heteroatoms. The van der Waals surface area contributed by atoms with Crippen LogP contribution in [0.25, 0.3) is 0 Å². The van der Waals surface area contributed by atoms with Crippen LogP contribution in [0.5, 0.6) is 0 Å². The SMILES string of the molecule is CCCCCNC(=O)CN1C(=O)CC(c2cccc(F)c2)C(C(=O)OCC)=C1C. The van der Waals surface area contributed by atoms with Gasteiger partial charge in [0.2, 0.25) is 11.8 Å². The number of hydrogen-bond acceptors (Lipinski definition) is 4. The molecule has 1 aromatic rings. The Morgan fingerprint density at radius 1 is 1.28 bits per heavy atom. The lowest BCUT2D eigenvalue weighted by Gasteiger charge is -2.34. The molecular formula is C22H29FN2O4. The average molecular weight is 404 g/mol. The molecule has 1 unspecified atom stereocenters. The third-order valence-electron chi connectivity index (χ3n) is 4.97. The van der Waals surface area contributed by atoms with Gasteiger partial charge in [0.1, 0.15) is 12.4 Å². The Bertz CT molecular complexity index is 791. The van der Waals surface area contributed by atoms with Crippen LogP contribution in [0.15, 0.2) is 35.5 Å². The molecule has 0 saturated carbocycles. The van der Waals surface area contributed by atoms with Gasteiger partial charge in [0.05, 0.1) is 12.2 Å². The lowest BCUT2D eigenvalue weighted by atomic mass is 9.83. The van der Waals surface area contributed by atoms with Crippen LogP contribution in [0.4, 0.5) is 4.39 Å². The van der Waals surface area contributed by atoms with Gasteiger partial charge >= 0.3 is 5.97 Å². The van der Waals surface area contributed by atoms with E-state index in [0.29, 0.717) is 17.8 Å². The molecule has 0 bridgehead atoms. The molecule has 1 N–H and O–H groups in total. The van der Waals surface area contributed by atoms with Crippen LogP contribution in [0, 0.1) is 5.82 Å². The highest BCUT2D eigenvalue weighted by atomic mass is 19.1. The van der Waals surface area contributed by atoms with E-state index < -0.39 is 17.7 Å². The molecule has 0 saturated heterocycles. The Morgan fingerprint density at radius 3 is 2.69 bits per heavy atom. The van der Waals surface area contributed by atoms with E-state index in [1.165, 1.54) is 17.0 Å². The zero-order valence-electron chi connectivity index (χ0n) is 17.3. The van der Waals surface area contributed by atoms with Gasteiger partial charge in [-0.1, -0.05) is 31.9 Å². The van der Waals surface area contributed by atoms with Crippen molar-refractivity contribution in [1.82, 2.24) is 10.2 Å². The standard InChI is InChI=1S/C22H29FN2O4/c1-4-6-7-11-24-19(26)14-25-15(3)21(22(28)29-5-2)18(13-20(25)27)16-9-8-10-17(23)12-16/h8-10,12,18H,4-7,11,13-14H2,1-3H3,(H,24,26). The van der Waals surface area contributed by atoms with Gasteiger partial charge in [-0.25, -0.2) is 9.18 Å². The number of carbonyl (C=O) groups excluding carboxylic acids is 3. The number of hydrogen-bond donors (Lipinski definition) is 1. The van der Waals surface area contributed by atoms with Crippen LogP contribution in [-0.4, -0.2) is 42.4 Å². The molecule has 0 spiro atoms. The van der Waals surface area contributed by atoms with E-state index >= 15 is 0 Å². The van der Waals surface area contributed by atoms with Crippen molar-refractivity contribution in [1.29, 1.82) is 0 Å². The minimum Gasteiger partial charge on any atom is -0.463 e. The number of benzene rings is 1. The number of rotatable bonds is 9. The normalized spacial score (nSPS) is 16.8. The quantitative estimate of drug-likeness (QED) is 0.506. The van der Waals surface area contributed by atoms with E-state index in [0.717, 1.165) is 19.3 Å². The average Bonchev–Trinajstić information content (AvgIpc) is 2.68. The number of nitrogens with one attached hydrogen (secondary N) is 1. The second kappa shape index (κ2) is 10.7. The summed E-state index contributed by atoms with van der Waals surface area (Å²) in [7, 11) is 0. The van der Waals surface area contributed by atoms with Gasteiger partial charge in [-0.05, 0) is 38.0 Å². The summed E-state index contributed by atoms with van der Waals surface area (Å²) in [5.41, 5.74) is 1.19. The fourth-order valence-corrected chi connectivity index (χ4v) is 3.49. The van der Waals surface area contributed by atoms with E-state index in [1.54, 1.807) is 26.0 Å². The van der Waals surface area contributed by atoms with Crippen LogP contribution in [0.3, 0.4) is 0 Å². The number of unbranched alkanes of at least 4 members (excludes halogenated alkanes) is 2. The van der Waals surface area contributed by atoms with Gasteiger partial charge in [0, 0.05) is 24.6 Å². The molecule has 0 radical (unpaired) electrons. The van der Waals surface area contributed by atoms with E-state index in [1.807, 2.05) is 0 Å². The molecule has 1 atom stereocenters. The monoisotopic (exact) mass is 404 g/mol. The van der Waals surface area contributed by atoms with Gasteiger partial charge in [-0.2, -0.15) is 0 Å². The summed E-state index contributed by atoms with van der Waals surface area (Å²) < 4.78 is 18.9. The van der Waals surface area contributed by atoms with Crippen molar-refractivity contribution in [3.63, 3.8) is 0 Å². The molecule has 158 valence electrons. The molecule has 2 amide bonds. The molecule has 1 aliphatic rings. The Labute approximate surface area is 171 Å². The lowest BCUT2D eigenvalue weighted by molar-refractivity contribution is -0.141. The van der Waals surface area contributed by atoms with Crippen molar-refractivity contribution in [2.24, 2.45) is 0 Å². The minimum absolute atomic E-state index is 0.0297. The van der Waals surface area contributed by atoms with Gasteiger partial charge < -0.3 is 15.0 Å². The molecule has 29 heavy (non-hydrogen) atoms. The summed E-state index contributed by atoms with van der Waals surface area (Å²) in [5.74, 6) is -2.17. The molecule has 2 rings (SSSR count). The second-order valence-corrected chi connectivity index (χ2v) is 7.07. The Morgan fingerprint density at radius 2 is 2.03 bits per heavy atom. The zero-order valence-corrected chi connectivity index (χ0v) is 17.3. The van der Waals surface area contributed by atoms with E-state index in [4.69, 9.17) is 4.74 Å². The second-order valence-electron chi connectivity index (χ2n) is 7.07. The Kier molecular flexibility index (Phi) is 8.36. The largest absolute Gasteiger partial charge is 0.463 e. The number of amides is 2. The number of allylic oxidation sites excluding steroid dienone is 1. The lowest BCUT2D eigenvalue weighted by Crippen LogP contribution is -2.44. The Hall–Kier alpha value is -2.70. The van der Waals surface area contributed by atoms with Gasteiger partial charge in [0.25, 0.3) is 0 Å². The van der Waals surface area contributed by atoms with Crippen LogP contribution < -0.4 is 5.32 Å². The summed E-state index contributed by atoms with van der Waals surface area (Å²) in [6.45, 7) is 5.97. The predicted molar refractivity (Wildman–Crippen MR) is 107 cm³/mol. The summed E-state index contributed by atoms with van der Waals surface area (Å²) in [6.07, 6.45) is 2.91. The minimum atomic E-state index is -0.610. The third-order valence-corrected chi connectivity index (χ3v) is 4.97. The number of carbonyl (C=O) groups is 3. The highest BCUT2D eigenvalue weighted by molar-refractivity contribution is 5.97. The van der Waals surface area contributed by atoms with Crippen molar-refractivity contribution in [3.05, 3.63) is 46.9 Å². The van der Waals surface area contributed by atoms with Gasteiger partial charge in [0.15, 0.2) is 0 Å². The molecule has 0 aliphatic carbocycles.